The smallest absolute Gasteiger partial charge is 0.338 e. The molecule has 0 bridgehead atoms. The number of rotatable bonds is 6. The molecule has 0 saturated carbocycles. The number of carbonyl (C=O) groups is 2. The van der Waals surface area contributed by atoms with Crippen molar-refractivity contribution >= 4 is 34.5 Å². The molecule has 1 N–H and O–H groups in total. The zero-order chi connectivity index (χ0) is 24.2. The molecule has 1 aliphatic rings. The zero-order valence-corrected chi connectivity index (χ0v) is 19.6. The van der Waals surface area contributed by atoms with Gasteiger partial charge in [-0.25, -0.2) is 18.8 Å². The van der Waals surface area contributed by atoms with Gasteiger partial charge in [-0.15, -0.1) is 0 Å². The first-order valence-corrected chi connectivity index (χ1v) is 11.2. The van der Waals surface area contributed by atoms with Gasteiger partial charge in [-0.3, -0.25) is 14.3 Å². The van der Waals surface area contributed by atoms with Gasteiger partial charge in [-0.2, -0.15) is 0 Å². The van der Waals surface area contributed by atoms with E-state index in [0.717, 1.165) is 10.8 Å². The van der Waals surface area contributed by atoms with Crippen molar-refractivity contribution < 1.29 is 28.2 Å². The molecule has 11 heteroatoms. The summed E-state index contributed by atoms with van der Waals surface area (Å²) in [6, 6.07) is 16.1. The fourth-order valence-corrected chi connectivity index (χ4v) is 3.86. The molecule has 2 aromatic carbocycles. The van der Waals surface area contributed by atoms with E-state index < -0.39 is 54.4 Å². The van der Waals surface area contributed by atoms with Crippen LogP contribution in [0, 0.1) is 3.57 Å². The fraction of sp³-hybridized carbons (Fsp3) is 0.217. The van der Waals surface area contributed by atoms with Crippen molar-refractivity contribution in [2.75, 3.05) is 6.61 Å². The monoisotopic (exact) mass is 580 g/mol. The number of hydrogen-bond acceptors (Lipinski definition) is 7. The Morgan fingerprint density at radius 2 is 1.59 bits per heavy atom. The third-order valence-corrected chi connectivity index (χ3v) is 5.87. The highest BCUT2D eigenvalue weighted by Gasteiger charge is 2.49. The number of esters is 2. The molecule has 4 rings (SSSR count). The molecule has 9 nitrogen and oxygen atoms in total. The molecular weight excluding hydrogens is 562 g/mol. The summed E-state index contributed by atoms with van der Waals surface area (Å²) in [5.74, 6) is -1.48. The van der Waals surface area contributed by atoms with Crippen LogP contribution in [0.3, 0.4) is 0 Å². The number of hydrogen-bond donors (Lipinski definition) is 1. The third kappa shape index (κ3) is 5.09. The minimum absolute atomic E-state index is 0.129. The van der Waals surface area contributed by atoms with E-state index in [1.54, 1.807) is 71.1 Å². The Balaban J connectivity index is 1.59. The van der Waals surface area contributed by atoms with Crippen LogP contribution >= 0.6 is 22.6 Å². The molecular formula is C23H18FIN2O7. The van der Waals surface area contributed by atoms with Gasteiger partial charge in [0.25, 0.3) is 5.56 Å². The Hall–Kier alpha value is -3.32. The maximum Gasteiger partial charge on any atom is 0.338 e. The van der Waals surface area contributed by atoms with E-state index in [1.807, 2.05) is 0 Å². The van der Waals surface area contributed by atoms with Crippen LogP contribution < -0.4 is 11.2 Å². The summed E-state index contributed by atoms with van der Waals surface area (Å²) in [7, 11) is 0. The number of halogens is 2. The lowest BCUT2D eigenvalue weighted by Crippen LogP contribution is -2.39. The first-order chi connectivity index (χ1) is 16.3. The van der Waals surface area contributed by atoms with Crippen LogP contribution in [0.15, 0.2) is 76.4 Å². The van der Waals surface area contributed by atoms with Gasteiger partial charge in [0.2, 0.25) is 0 Å². The maximum atomic E-state index is 15.5. The Labute approximate surface area is 205 Å². The lowest BCUT2D eigenvalue weighted by Gasteiger charge is -2.19. The van der Waals surface area contributed by atoms with Crippen LogP contribution in [0.25, 0.3) is 0 Å². The van der Waals surface area contributed by atoms with Crippen molar-refractivity contribution in [1.29, 1.82) is 0 Å². The molecule has 0 spiro atoms. The lowest BCUT2D eigenvalue weighted by atomic mass is 10.1. The Kier molecular flexibility index (Phi) is 7.22. The molecule has 0 amide bonds. The molecule has 3 aromatic rings. The van der Waals surface area contributed by atoms with E-state index in [9.17, 15) is 19.2 Å². The van der Waals surface area contributed by atoms with Crippen LogP contribution in [0.2, 0.25) is 0 Å². The second kappa shape index (κ2) is 10.3. The van der Waals surface area contributed by atoms with E-state index >= 15 is 4.39 Å². The van der Waals surface area contributed by atoms with Crippen molar-refractivity contribution in [3.8, 4) is 0 Å². The van der Waals surface area contributed by atoms with Crippen LogP contribution in [0.1, 0.15) is 26.9 Å². The van der Waals surface area contributed by atoms with Gasteiger partial charge < -0.3 is 14.2 Å². The van der Waals surface area contributed by atoms with Gasteiger partial charge in [0.15, 0.2) is 18.5 Å². The van der Waals surface area contributed by atoms with E-state index in [4.69, 9.17) is 14.2 Å². The predicted molar refractivity (Wildman–Crippen MR) is 125 cm³/mol. The predicted octanol–water partition coefficient (Wildman–Crippen LogP) is 2.46. The Morgan fingerprint density at radius 3 is 2.21 bits per heavy atom. The van der Waals surface area contributed by atoms with Crippen LogP contribution in [0.4, 0.5) is 4.39 Å². The van der Waals surface area contributed by atoms with Crippen LogP contribution in [-0.4, -0.2) is 46.5 Å². The largest absolute Gasteiger partial charge is 0.459 e. The maximum absolute atomic E-state index is 15.5. The number of alkyl halides is 1. The average Bonchev–Trinajstić information content (AvgIpc) is 3.15. The second-order valence-electron chi connectivity index (χ2n) is 7.35. The number of ether oxygens (including phenoxy) is 3. The summed E-state index contributed by atoms with van der Waals surface area (Å²) in [4.78, 5) is 51.0. The highest BCUT2D eigenvalue weighted by atomic mass is 127. The van der Waals surface area contributed by atoms with Crippen molar-refractivity contribution in [1.82, 2.24) is 9.55 Å². The van der Waals surface area contributed by atoms with Gasteiger partial charge in [0, 0.05) is 6.20 Å². The SMILES string of the molecule is O=C(OC[C@H]1O[C@@H](n2cc(I)c(=O)[nH]c2=O)[C@H](F)[C@H]1OC(=O)c1ccccc1)c1ccccc1. The molecule has 1 saturated heterocycles. The zero-order valence-electron chi connectivity index (χ0n) is 17.4. The summed E-state index contributed by atoms with van der Waals surface area (Å²) < 4.78 is 32.9. The Bertz CT molecular complexity index is 1300. The van der Waals surface area contributed by atoms with E-state index in [2.05, 4.69) is 4.98 Å². The molecule has 0 aliphatic carbocycles. The summed E-state index contributed by atoms with van der Waals surface area (Å²) in [6.45, 7) is -0.438. The number of aromatic amines is 1. The summed E-state index contributed by atoms with van der Waals surface area (Å²) in [5.41, 5.74) is -1.06. The summed E-state index contributed by atoms with van der Waals surface area (Å²) >= 11 is 1.69. The third-order valence-electron chi connectivity index (χ3n) is 5.11. The van der Waals surface area contributed by atoms with E-state index in [0.29, 0.717) is 0 Å². The average molecular weight is 580 g/mol. The topological polar surface area (TPSA) is 117 Å². The lowest BCUT2D eigenvalue weighted by molar-refractivity contribution is -0.0592. The van der Waals surface area contributed by atoms with Crippen molar-refractivity contribution in [3.05, 3.63) is 102 Å². The molecule has 4 atom stereocenters. The number of aromatic nitrogens is 2. The highest BCUT2D eigenvalue weighted by Crippen LogP contribution is 2.34. The van der Waals surface area contributed by atoms with Crippen molar-refractivity contribution in [3.63, 3.8) is 0 Å². The normalized spacial score (nSPS) is 21.7. The van der Waals surface area contributed by atoms with Gasteiger partial charge in [-0.05, 0) is 46.9 Å². The molecule has 1 aromatic heterocycles. The number of H-pyrrole nitrogens is 1. The molecule has 1 fully saturated rings. The minimum atomic E-state index is -1.99. The van der Waals surface area contributed by atoms with Crippen molar-refractivity contribution in [2.45, 2.75) is 24.6 Å². The van der Waals surface area contributed by atoms with E-state index in [1.165, 1.54) is 12.1 Å². The molecule has 176 valence electrons. The summed E-state index contributed by atoms with van der Waals surface area (Å²) in [6.07, 6.45) is -5.07. The fourth-order valence-electron chi connectivity index (χ4n) is 3.42. The first-order valence-electron chi connectivity index (χ1n) is 10.1. The quantitative estimate of drug-likeness (QED) is 0.352. The number of benzene rings is 2. The Morgan fingerprint density at radius 1 is 1.00 bits per heavy atom. The van der Waals surface area contributed by atoms with Gasteiger partial charge in [0.05, 0.1) is 14.7 Å². The van der Waals surface area contributed by atoms with Crippen LogP contribution in [0.5, 0.6) is 0 Å². The standard InChI is InChI=1S/C23H18FIN2O7/c24-17-18(34-22(30)14-9-5-2-6-10-14)16(12-32-21(29)13-7-3-1-4-8-13)33-20(17)27-11-15(25)19(28)26-23(27)31/h1-11,16-18,20H,12H2,(H,26,28,31)/t16-,17-,18+,20-/m1/s1. The van der Waals surface area contributed by atoms with Gasteiger partial charge >= 0.3 is 17.6 Å². The minimum Gasteiger partial charge on any atom is -0.459 e. The van der Waals surface area contributed by atoms with Crippen molar-refractivity contribution in [2.24, 2.45) is 0 Å². The first kappa shape index (κ1) is 23.8. The molecule has 2 heterocycles. The van der Waals surface area contributed by atoms with Gasteiger partial charge in [0.1, 0.15) is 12.7 Å². The van der Waals surface area contributed by atoms with Crippen LogP contribution in [-0.2, 0) is 14.2 Å². The molecule has 0 radical (unpaired) electrons. The molecule has 34 heavy (non-hydrogen) atoms. The molecule has 1 aliphatic heterocycles. The van der Waals surface area contributed by atoms with Gasteiger partial charge in [-0.1, -0.05) is 36.4 Å². The number of carbonyl (C=O) groups excluding carboxylic acids is 2. The summed E-state index contributed by atoms with van der Waals surface area (Å²) in [5, 5.41) is 0. The molecule has 0 unspecified atom stereocenters. The highest BCUT2D eigenvalue weighted by molar-refractivity contribution is 14.1. The number of nitrogens with zero attached hydrogens (tertiary/aromatic N) is 1. The van der Waals surface area contributed by atoms with E-state index in [-0.39, 0.29) is 14.7 Å². The number of nitrogens with one attached hydrogen (secondary N) is 1. The second-order valence-corrected chi connectivity index (χ2v) is 8.52.